The van der Waals surface area contributed by atoms with E-state index in [1.165, 1.54) is 23.5 Å². The molecule has 1 aliphatic heterocycles. The molecule has 1 fully saturated rings. The third-order valence-electron chi connectivity index (χ3n) is 6.86. The molecule has 9 nitrogen and oxygen atoms in total. The summed E-state index contributed by atoms with van der Waals surface area (Å²) < 4.78 is 38.8. The van der Waals surface area contributed by atoms with Crippen LogP contribution in [0.2, 0.25) is 5.02 Å². The van der Waals surface area contributed by atoms with Gasteiger partial charge in [-0.1, -0.05) is 22.8 Å². The molecule has 5 rings (SSSR count). The second kappa shape index (κ2) is 11.2. The van der Waals surface area contributed by atoms with E-state index in [2.05, 4.69) is 20.4 Å². The van der Waals surface area contributed by atoms with Crippen molar-refractivity contribution in [3.8, 4) is 0 Å². The van der Waals surface area contributed by atoms with Crippen LogP contribution in [0.4, 0.5) is 8.78 Å². The Labute approximate surface area is 230 Å². The molecule has 2 aliphatic rings. The first kappa shape index (κ1) is 26.9. The van der Waals surface area contributed by atoms with Crippen LogP contribution in [0.25, 0.3) is 0 Å². The van der Waals surface area contributed by atoms with Gasteiger partial charge in [-0.2, -0.15) is 0 Å². The number of carbonyl (C=O) groups excluding carboxylic acids is 1. The number of rotatable bonds is 7. The monoisotopic (exact) mass is 576 g/mol. The normalized spacial score (nSPS) is 21.3. The number of halogens is 3. The van der Waals surface area contributed by atoms with Gasteiger partial charge in [-0.15, -0.1) is 11.3 Å². The Kier molecular flexibility index (Phi) is 7.76. The number of ether oxygens (including phenoxy) is 1. The molecule has 1 unspecified atom stereocenters. The molecule has 1 saturated carbocycles. The lowest BCUT2D eigenvalue weighted by Crippen LogP contribution is -2.38. The van der Waals surface area contributed by atoms with E-state index >= 15 is 0 Å². The minimum absolute atomic E-state index is 0.0168. The largest absolute Gasteiger partial charge is 0.475 e. The minimum atomic E-state index is -1.22. The minimum Gasteiger partial charge on any atom is -0.475 e. The lowest BCUT2D eigenvalue weighted by atomic mass is 9.77. The first-order valence-electron chi connectivity index (χ1n) is 12.3. The molecule has 1 aliphatic carbocycles. The van der Waals surface area contributed by atoms with Crippen molar-refractivity contribution in [3.63, 3.8) is 0 Å². The summed E-state index contributed by atoms with van der Waals surface area (Å²) in [5, 5.41) is 18.2. The standard InChI is InChI=1S/C26H23ClF2N4O5S/c1-2-37-26(36)18-21(13-5-3-12(4-6-13)16-11-17(25(34)35)38-33-16)31-23(24-30-9-10-39-24)32-22(18)14-7-8-15(28)20(29)19(14)27/h7-13,22H,2-6H2,1H3,(H,31,32)(H,34,35). The van der Waals surface area contributed by atoms with E-state index in [0.717, 1.165) is 6.07 Å². The van der Waals surface area contributed by atoms with Crippen LogP contribution in [-0.4, -0.2) is 39.6 Å². The van der Waals surface area contributed by atoms with Gasteiger partial charge in [0.05, 0.1) is 22.9 Å². The van der Waals surface area contributed by atoms with Crippen molar-refractivity contribution in [1.29, 1.82) is 0 Å². The number of thiazole rings is 1. The molecule has 204 valence electrons. The molecule has 0 spiro atoms. The van der Waals surface area contributed by atoms with E-state index < -0.39 is 34.6 Å². The molecule has 1 aromatic carbocycles. The van der Waals surface area contributed by atoms with Gasteiger partial charge in [0.25, 0.3) is 0 Å². The number of hydrogen-bond acceptors (Lipinski definition) is 9. The fourth-order valence-electron chi connectivity index (χ4n) is 5.01. The number of aromatic nitrogens is 2. The lowest BCUT2D eigenvalue weighted by Gasteiger charge is -2.34. The number of aliphatic imine (C=N–C) groups is 1. The Morgan fingerprint density at radius 2 is 1.97 bits per heavy atom. The molecule has 2 aromatic heterocycles. The van der Waals surface area contributed by atoms with E-state index in [1.807, 2.05) is 0 Å². The number of nitrogens with zero attached hydrogens (tertiary/aromatic N) is 3. The van der Waals surface area contributed by atoms with Crippen LogP contribution in [-0.2, 0) is 9.53 Å². The Balaban J connectivity index is 1.54. The van der Waals surface area contributed by atoms with Crippen molar-refractivity contribution in [2.24, 2.45) is 10.9 Å². The third kappa shape index (κ3) is 5.30. The summed E-state index contributed by atoms with van der Waals surface area (Å²) in [5.74, 6) is -4.17. The predicted octanol–water partition coefficient (Wildman–Crippen LogP) is 5.64. The summed E-state index contributed by atoms with van der Waals surface area (Å²) >= 11 is 7.58. The average molecular weight is 577 g/mol. The zero-order valence-corrected chi connectivity index (χ0v) is 22.2. The molecule has 0 radical (unpaired) electrons. The van der Waals surface area contributed by atoms with Crippen LogP contribution in [0.15, 0.2) is 50.6 Å². The number of benzene rings is 1. The van der Waals surface area contributed by atoms with Gasteiger partial charge in [0.15, 0.2) is 22.5 Å². The van der Waals surface area contributed by atoms with Gasteiger partial charge >= 0.3 is 11.9 Å². The van der Waals surface area contributed by atoms with Crippen molar-refractivity contribution in [1.82, 2.24) is 15.5 Å². The van der Waals surface area contributed by atoms with Gasteiger partial charge in [-0.25, -0.2) is 23.4 Å². The van der Waals surface area contributed by atoms with E-state index in [0.29, 0.717) is 47.9 Å². The molecule has 2 N–H and O–H groups in total. The number of carboxylic acid groups (broad SMARTS) is 1. The Morgan fingerprint density at radius 3 is 2.62 bits per heavy atom. The summed E-state index contributed by atoms with van der Waals surface area (Å²) in [7, 11) is 0. The number of nitrogens with one attached hydrogen (secondary N) is 1. The smallest absolute Gasteiger partial charge is 0.374 e. The average Bonchev–Trinajstić information content (AvgIpc) is 3.65. The van der Waals surface area contributed by atoms with Gasteiger partial charge in [0.2, 0.25) is 5.76 Å². The second-order valence-corrected chi connectivity index (χ2v) is 10.4. The maximum atomic E-state index is 14.5. The maximum absolute atomic E-state index is 14.5. The Morgan fingerprint density at radius 1 is 1.23 bits per heavy atom. The van der Waals surface area contributed by atoms with E-state index in [-0.39, 0.29) is 35.3 Å². The zero-order valence-electron chi connectivity index (χ0n) is 20.6. The molecule has 0 saturated heterocycles. The van der Waals surface area contributed by atoms with E-state index in [4.69, 9.17) is 26.0 Å². The van der Waals surface area contributed by atoms with Gasteiger partial charge in [-0.05, 0) is 44.6 Å². The van der Waals surface area contributed by atoms with Crippen LogP contribution >= 0.6 is 22.9 Å². The molecule has 13 heteroatoms. The Hall–Kier alpha value is -3.64. The fourth-order valence-corrected chi connectivity index (χ4v) is 5.85. The summed E-state index contributed by atoms with van der Waals surface area (Å²) in [5.41, 5.74) is 1.43. The van der Waals surface area contributed by atoms with E-state index in [9.17, 15) is 18.4 Å². The highest BCUT2D eigenvalue weighted by atomic mass is 35.5. The highest BCUT2D eigenvalue weighted by molar-refractivity contribution is 7.11. The van der Waals surface area contributed by atoms with Crippen LogP contribution < -0.4 is 5.32 Å². The lowest BCUT2D eigenvalue weighted by molar-refractivity contribution is -0.139. The molecule has 3 heterocycles. The summed E-state index contributed by atoms with van der Waals surface area (Å²) in [4.78, 5) is 33.5. The van der Waals surface area contributed by atoms with E-state index in [1.54, 1.807) is 18.5 Å². The quantitative estimate of drug-likeness (QED) is 0.273. The van der Waals surface area contributed by atoms with Crippen LogP contribution in [0.5, 0.6) is 0 Å². The number of hydrogen-bond donors (Lipinski definition) is 2. The highest BCUT2D eigenvalue weighted by Gasteiger charge is 2.39. The summed E-state index contributed by atoms with van der Waals surface area (Å²) in [6.07, 6.45) is 4.15. The molecule has 3 aromatic rings. The molecule has 0 bridgehead atoms. The predicted molar refractivity (Wildman–Crippen MR) is 138 cm³/mol. The first-order valence-corrected chi connectivity index (χ1v) is 13.5. The van der Waals surface area contributed by atoms with Crippen molar-refractivity contribution < 1.29 is 32.7 Å². The summed E-state index contributed by atoms with van der Waals surface area (Å²) in [6, 6.07) is 2.64. The highest BCUT2D eigenvalue weighted by Crippen LogP contribution is 2.44. The number of carbonyl (C=O) groups is 2. The van der Waals surface area contributed by atoms with Crippen molar-refractivity contribution in [2.45, 2.75) is 44.6 Å². The number of esters is 1. The van der Waals surface area contributed by atoms with Crippen molar-refractivity contribution in [3.05, 3.63) is 79.7 Å². The first-order chi connectivity index (χ1) is 18.8. The topological polar surface area (TPSA) is 127 Å². The number of amidine groups is 1. The number of carboxylic acids is 1. The SMILES string of the molecule is CCOC(=O)C1=C(C2CCC(c3cc(C(=O)O)on3)CC2)NC(c2nccs2)=NC1c1ccc(F)c(F)c1Cl. The van der Waals surface area contributed by atoms with Gasteiger partial charge in [0.1, 0.15) is 6.04 Å². The van der Waals surface area contributed by atoms with Crippen LogP contribution in [0.3, 0.4) is 0 Å². The van der Waals surface area contributed by atoms with Crippen LogP contribution in [0, 0.1) is 17.6 Å². The number of aromatic carboxylic acids is 1. The molecular formula is C26H23ClF2N4O5S. The second-order valence-electron chi connectivity index (χ2n) is 9.12. The van der Waals surface area contributed by atoms with Gasteiger partial charge in [-0.3, -0.25) is 4.99 Å². The molecule has 1 atom stereocenters. The van der Waals surface area contributed by atoms with Gasteiger partial charge < -0.3 is 19.7 Å². The fraction of sp³-hybridized carbons (Fsp3) is 0.346. The van der Waals surface area contributed by atoms with Crippen LogP contribution in [0.1, 0.15) is 71.4 Å². The molecule has 39 heavy (non-hydrogen) atoms. The maximum Gasteiger partial charge on any atom is 0.374 e. The van der Waals surface area contributed by atoms with Crippen molar-refractivity contribution >= 4 is 40.7 Å². The van der Waals surface area contributed by atoms with Gasteiger partial charge in [0, 0.05) is 34.8 Å². The molecular weight excluding hydrogens is 554 g/mol. The Bertz CT molecular complexity index is 1460. The summed E-state index contributed by atoms with van der Waals surface area (Å²) in [6.45, 7) is 1.77. The zero-order chi connectivity index (χ0) is 27.7. The molecule has 0 amide bonds. The number of allylic oxidation sites excluding steroid dienone is 1. The van der Waals surface area contributed by atoms with Crippen molar-refractivity contribution in [2.75, 3.05) is 6.61 Å². The third-order valence-corrected chi connectivity index (χ3v) is 8.02.